The summed E-state index contributed by atoms with van der Waals surface area (Å²) in [5.74, 6) is -1.89. The van der Waals surface area contributed by atoms with Crippen molar-refractivity contribution < 1.29 is 27.9 Å². The molecule has 0 saturated carbocycles. The molecular weight excluding hydrogens is 360 g/mol. The van der Waals surface area contributed by atoms with Crippen LogP contribution in [-0.4, -0.2) is 61.5 Å². The van der Waals surface area contributed by atoms with Gasteiger partial charge in [-0.05, 0) is 25.0 Å². The van der Waals surface area contributed by atoms with E-state index in [-0.39, 0.29) is 24.7 Å². The molecule has 1 saturated heterocycles. The molecule has 1 aromatic carbocycles. The number of carboxylic acids is 1. The molecule has 2 rings (SSSR count). The zero-order valence-corrected chi connectivity index (χ0v) is 15.0. The van der Waals surface area contributed by atoms with Crippen molar-refractivity contribution in [3.63, 3.8) is 0 Å². The summed E-state index contributed by atoms with van der Waals surface area (Å²) in [5.41, 5.74) is 0. The number of carbonyl (C=O) groups is 2. The Morgan fingerprint density at radius 2 is 2.08 bits per heavy atom. The highest BCUT2D eigenvalue weighted by Crippen LogP contribution is 2.26. The molecule has 9 heteroatoms. The molecule has 2 N–H and O–H groups in total. The van der Waals surface area contributed by atoms with E-state index < -0.39 is 34.0 Å². The molecule has 1 aliphatic rings. The van der Waals surface area contributed by atoms with Gasteiger partial charge < -0.3 is 15.2 Å². The van der Waals surface area contributed by atoms with Gasteiger partial charge in [0.2, 0.25) is 15.9 Å². The van der Waals surface area contributed by atoms with Crippen molar-refractivity contribution in [3.8, 4) is 0 Å². The Kier molecular flexibility index (Phi) is 6.90. The quantitative estimate of drug-likeness (QED) is 0.478. The number of hydrogen-bond donors (Lipinski definition) is 2. The molecule has 2 atom stereocenters. The van der Waals surface area contributed by atoms with Crippen LogP contribution in [0.1, 0.15) is 12.8 Å². The molecule has 0 aliphatic carbocycles. The number of ether oxygens (including phenoxy) is 1. The molecule has 1 fully saturated rings. The molecule has 8 nitrogen and oxygen atoms in total. The summed E-state index contributed by atoms with van der Waals surface area (Å²) >= 11 is 0. The SMILES string of the molecule is C=CCOCC(NC(=O)C1CCCN1S(=O)(=O)c1ccccc1)C(=O)O. The minimum Gasteiger partial charge on any atom is -0.480 e. The predicted molar refractivity (Wildman–Crippen MR) is 93.9 cm³/mol. The second-order valence-electron chi connectivity index (χ2n) is 5.81. The van der Waals surface area contributed by atoms with Gasteiger partial charge in [-0.2, -0.15) is 4.31 Å². The third kappa shape index (κ3) is 4.69. The Balaban J connectivity index is 2.12. The smallest absolute Gasteiger partial charge is 0.328 e. The van der Waals surface area contributed by atoms with Gasteiger partial charge >= 0.3 is 5.97 Å². The lowest BCUT2D eigenvalue weighted by Crippen LogP contribution is -2.52. The molecule has 1 heterocycles. The fraction of sp³-hybridized carbons (Fsp3) is 0.412. The summed E-state index contributed by atoms with van der Waals surface area (Å²) in [6.07, 6.45) is 2.32. The molecule has 1 amide bonds. The van der Waals surface area contributed by atoms with Gasteiger partial charge in [0.15, 0.2) is 6.04 Å². The minimum absolute atomic E-state index is 0.101. The maximum Gasteiger partial charge on any atom is 0.328 e. The Morgan fingerprint density at radius 1 is 1.38 bits per heavy atom. The van der Waals surface area contributed by atoms with E-state index in [2.05, 4.69) is 11.9 Å². The number of hydrogen-bond acceptors (Lipinski definition) is 5. The van der Waals surface area contributed by atoms with Crippen LogP contribution in [0.4, 0.5) is 0 Å². The minimum atomic E-state index is -3.83. The number of amides is 1. The van der Waals surface area contributed by atoms with Crippen LogP contribution in [0.3, 0.4) is 0 Å². The number of nitrogens with one attached hydrogen (secondary N) is 1. The number of carboxylic acid groups (broad SMARTS) is 1. The van der Waals surface area contributed by atoms with Crippen LogP contribution in [-0.2, 0) is 24.3 Å². The summed E-state index contributed by atoms with van der Waals surface area (Å²) in [6.45, 7) is 3.59. The lowest BCUT2D eigenvalue weighted by Gasteiger charge is -2.25. The molecule has 142 valence electrons. The van der Waals surface area contributed by atoms with Crippen molar-refractivity contribution in [2.75, 3.05) is 19.8 Å². The van der Waals surface area contributed by atoms with Gasteiger partial charge in [0.1, 0.15) is 6.04 Å². The second kappa shape index (κ2) is 8.93. The van der Waals surface area contributed by atoms with Crippen molar-refractivity contribution in [3.05, 3.63) is 43.0 Å². The van der Waals surface area contributed by atoms with Gasteiger partial charge in [-0.1, -0.05) is 24.3 Å². The molecule has 26 heavy (non-hydrogen) atoms. The highest BCUT2D eigenvalue weighted by Gasteiger charge is 2.40. The van der Waals surface area contributed by atoms with E-state index in [1.807, 2.05) is 0 Å². The van der Waals surface area contributed by atoms with E-state index >= 15 is 0 Å². The van der Waals surface area contributed by atoms with Crippen LogP contribution in [0.2, 0.25) is 0 Å². The monoisotopic (exact) mass is 382 g/mol. The zero-order valence-electron chi connectivity index (χ0n) is 14.2. The summed E-state index contributed by atoms with van der Waals surface area (Å²) < 4.78 is 31.8. The van der Waals surface area contributed by atoms with Gasteiger partial charge in [0.25, 0.3) is 0 Å². The van der Waals surface area contributed by atoms with Gasteiger partial charge in [-0.15, -0.1) is 6.58 Å². The van der Waals surface area contributed by atoms with Crippen LogP contribution in [0.25, 0.3) is 0 Å². The first-order valence-electron chi connectivity index (χ1n) is 8.16. The van der Waals surface area contributed by atoms with E-state index in [1.54, 1.807) is 18.2 Å². The molecule has 0 aromatic heterocycles. The molecule has 1 aliphatic heterocycles. The van der Waals surface area contributed by atoms with E-state index in [0.717, 1.165) is 4.31 Å². The lowest BCUT2D eigenvalue weighted by atomic mass is 10.2. The highest BCUT2D eigenvalue weighted by atomic mass is 32.2. The van der Waals surface area contributed by atoms with E-state index in [0.29, 0.717) is 12.8 Å². The molecule has 0 radical (unpaired) electrons. The molecule has 0 bridgehead atoms. The fourth-order valence-electron chi connectivity index (χ4n) is 2.73. The number of nitrogens with zero attached hydrogens (tertiary/aromatic N) is 1. The number of aliphatic carboxylic acids is 1. The first-order chi connectivity index (χ1) is 12.4. The van der Waals surface area contributed by atoms with Gasteiger partial charge in [0, 0.05) is 6.54 Å². The first kappa shape index (κ1) is 20.1. The second-order valence-corrected chi connectivity index (χ2v) is 7.70. The Hall–Kier alpha value is -2.23. The number of carbonyl (C=O) groups excluding carboxylic acids is 1. The van der Waals surface area contributed by atoms with Crippen molar-refractivity contribution in [2.45, 2.75) is 29.8 Å². The van der Waals surface area contributed by atoms with Crippen molar-refractivity contribution in [1.82, 2.24) is 9.62 Å². The lowest BCUT2D eigenvalue weighted by molar-refractivity contribution is -0.144. The van der Waals surface area contributed by atoms with Crippen LogP contribution in [0, 0.1) is 0 Å². The average Bonchev–Trinajstić information content (AvgIpc) is 3.12. The average molecular weight is 382 g/mol. The van der Waals surface area contributed by atoms with Crippen LogP contribution >= 0.6 is 0 Å². The summed E-state index contributed by atoms with van der Waals surface area (Å²) in [4.78, 5) is 23.9. The Labute approximate surface area is 152 Å². The third-order valence-electron chi connectivity index (χ3n) is 3.99. The largest absolute Gasteiger partial charge is 0.480 e. The van der Waals surface area contributed by atoms with Gasteiger partial charge in [-0.3, -0.25) is 4.79 Å². The van der Waals surface area contributed by atoms with Crippen LogP contribution in [0.5, 0.6) is 0 Å². The molecule has 1 aromatic rings. The van der Waals surface area contributed by atoms with Crippen molar-refractivity contribution in [2.24, 2.45) is 0 Å². The number of rotatable bonds is 9. The van der Waals surface area contributed by atoms with Gasteiger partial charge in [-0.25, -0.2) is 13.2 Å². The van der Waals surface area contributed by atoms with Crippen molar-refractivity contribution >= 4 is 21.9 Å². The maximum atomic E-state index is 12.8. The summed E-state index contributed by atoms with van der Waals surface area (Å²) in [5, 5.41) is 11.6. The zero-order chi connectivity index (χ0) is 19.2. The number of benzene rings is 1. The summed E-state index contributed by atoms with van der Waals surface area (Å²) in [6, 6.07) is 5.64. The maximum absolute atomic E-state index is 12.8. The molecular formula is C17H22N2O6S. The normalized spacial score (nSPS) is 19.0. The fourth-order valence-corrected chi connectivity index (χ4v) is 4.41. The topological polar surface area (TPSA) is 113 Å². The number of sulfonamides is 1. The molecule has 0 spiro atoms. The molecule has 2 unspecified atom stereocenters. The van der Waals surface area contributed by atoms with Crippen LogP contribution in [0.15, 0.2) is 47.9 Å². The third-order valence-corrected chi connectivity index (χ3v) is 5.91. The first-order valence-corrected chi connectivity index (χ1v) is 9.60. The van der Waals surface area contributed by atoms with E-state index in [9.17, 15) is 23.1 Å². The highest BCUT2D eigenvalue weighted by molar-refractivity contribution is 7.89. The predicted octanol–water partition coefficient (Wildman–Crippen LogP) is 0.612. The van der Waals surface area contributed by atoms with E-state index in [4.69, 9.17) is 4.74 Å². The van der Waals surface area contributed by atoms with Crippen LogP contribution < -0.4 is 5.32 Å². The Bertz CT molecular complexity index is 750. The Morgan fingerprint density at radius 3 is 2.69 bits per heavy atom. The van der Waals surface area contributed by atoms with Crippen molar-refractivity contribution in [1.29, 1.82) is 0 Å². The standard InChI is InChI=1S/C17H22N2O6S/c1-2-11-25-12-14(17(21)22)18-16(20)15-9-6-10-19(15)26(23,24)13-7-4-3-5-8-13/h2-5,7-8,14-15H,1,6,9-12H2,(H,18,20)(H,21,22). The van der Waals surface area contributed by atoms with E-state index in [1.165, 1.54) is 18.2 Å². The summed E-state index contributed by atoms with van der Waals surface area (Å²) in [7, 11) is -3.83. The van der Waals surface area contributed by atoms with Gasteiger partial charge in [0.05, 0.1) is 18.1 Å².